The second-order valence-electron chi connectivity index (χ2n) is 10.2. The molecule has 0 aliphatic carbocycles. The first-order chi connectivity index (χ1) is 22.4. The Labute approximate surface area is 375 Å². The van der Waals surface area contributed by atoms with E-state index in [0.29, 0.717) is 0 Å². The van der Waals surface area contributed by atoms with Crippen molar-refractivity contribution in [3.8, 4) is 0 Å². The number of carbonyl (C=O) groups excluding carboxylic acids is 6. The fourth-order valence-electron chi connectivity index (χ4n) is 3.21. The number of carboxylic acid groups (broad SMARTS) is 6. The molecule has 356 valence electrons. The molecule has 24 heteroatoms. The first-order valence-corrected chi connectivity index (χ1v) is 16.3. The summed E-state index contributed by atoms with van der Waals surface area (Å²) in [6, 6.07) is 0. The van der Waals surface area contributed by atoms with Crippen LogP contribution < -0.4 is 51.9 Å². The van der Waals surface area contributed by atoms with Crippen LogP contribution in [0.3, 0.4) is 0 Å². The van der Waals surface area contributed by atoms with Gasteiger partial charge in [-0.1, -0.05) is 25.7 Å². The van der Waals surface area contributed by atoms with Crippen LogP contribution in [0.2, 0.25) is 0 Å². The minimum atomic E-state index is -1.08. The molecule has 4 aliphatic rings. The van der Waals surface area contributed by atoms with E-state index in [2.05, 4.69) is 21.3 Å². The van der Waals surface area contributed by atoms with E-state index in [4.69, 9.17) is 59.4 Å². The van der Waals surface area contributed by atoms with Crippen molar-refractivity contribution in [2.24, 2.45) is 0 Å². The summed E-state index contributed by atoms with van der Waals surface area (Å²) >= 11 is 0. The van der Waals surface area contributed by atoms with Crippen LogP contribution in [0.1, 0.15) is 119 Å². The van der Waals surface area contributed by atoms with E-state index in [1.165, 1.54) is 129 Å². The molecule has 0 unspecified atom stereocenters. The molecule has 4 heterocycles. The third kappa shape index (κ3) is 274. The van der Waals surface area contributed by atoms with E-state index in [9.17, 15) is 0 Å². The van der Waals surface area contributed by atoms with Crippen LogP contribution in [0, 0.1) is 0 Å². The molecular formula is C32H68Cu4N4O16. The summed E-state index contributed by atoms with van der Waals surface area (Å²) in [5.74, 6) is -6.50. The van der Waals surface area contributed by atoms with E-state index in [-0.39, 0.29) is 90.2 Å². The summed E-state index contributed by atoms with van der Waals surface area (Å²) in [6.07, 6.45) is 16.9. The van der Waals surface area contributed by atoms with Crippen molar-refractivity contribution in [1.29, 1.82) is 0 Å². The van der Waals surface area contributed by atoms with Crippen LogP contribution in [0.15, 0.2) is 0 Å². The molecular weight excluding hydrogens is 951 g/mol. The van der Waals surface area contributed by atoms with E-state index in [1.54, 1.807) is 0 Å². The van der Waals surface area contributed by atoms with Crippen molar-refractivity contribution in [3.05, 3.63) is 0 Å². The quantitative estimate of drug-likeness (QED) is 0.164. The van der Waals surface area contributed by atoms with Gasteiger partial charge in [0.2, 0.25) is 0 Å². The number of hydrogen-bond donors (Lipinski definition) is 4. The molecule has 0 aromatic heterocycles. The van der Waals surface area contributed by atoms with Crippen LogP contribution in [-0.4, -0.2) is 110 Å². The van der Waals surface area contributed by atoms with Crippen LogP contribution in [-0.2, 0) is 97.0 Å². The van der Waals surface area contributed by atoms with Crippen LogP contribution in [0.4, 0.5) is 0 Å². The minimum Gasteiger partial charge on any atom is -0.870 e. The molecule has 0 amide bonds. The molecule has 4 saturated heterocycles. The Bertz CT molecular complexity index is 543. The topological polar surface area (TPSA) is 412 Å². The summed E-state index contributed by atoms with van der Waals surface area (Å²) in [6.45, 7) is 15.8. The van der Waals surface area contributed by atoms with Crippen LogP contribution in [0.5, 0.6) is 0 Å². The molecule has 0 saturated carbocycles. The van der Waals surface area contributed by atoms with Crippen molar-refractivity contribution in [3.63, 3.8) is 0 Å². The van der Waals surface area contributed by atoms with Gasteiger partial charge in [0.25, 0.3) is 0 Å². The Morgan fingerprint density at radius 3 is 0.375 bits per heavy atom. The molecule has 0 bridgehead atoms. The second-order valence-corrected chi connectivity index (χ2v) is 10.2. The smallest absolute Gasteiger partial charge is 0.870 e. The fraction of sp³-hybridized carbons (Fsp3) is 0.812. The second kappa shape index (κ2) is 90.0. The first-order valence-electron chi connectivity index (χ1n) is 16.3. The first kappa shape index (κ1) is 95.2. The predicted octanol–water partition coefficient (Wildman–Crippen LogP) is -6.44. The summed E-state index contributed by atoms with van der Waals surface area (Å²) in [7, 11) is 0. The standard InChI is InChI=1S/4C5H11N.6C2H4O2.4Cu.4H2O/c4*1-2-4-6-5-3-1;6*1-2(3)4;;;;;;;;/h4*6H,1-5H2;6*1H3,(H,3,4);;;;;4*1H2/q;;;;;;;;;;4*+2;;;;/p-8. The van der Waals surface area contributed by atoms with Crippen molar-refractivity contribution in [2.45, 2.75) is 119 Å². The van der Waals surface area contributed by atoms with E-state index < -0.39 is 35.8 Å². The third-order valence-corrected chi connectivity index (χ3v) is 4.83. The molecule has 0 spiro atoms. The monoisotopic (exact) mass is 1020 g/mol. The van der Waals surface area contributed by atoms with Gasteiger partial charge in [-0.2, -0.15) is 0 Å². The summed E-state index contributed by atoms with van der Waals surface area (Å²) < 4.78 is 0. The molecule has 0 atom stereocenters. The SMILES string of the molecule is C1CCNCC1.C1CCNCC1.C1CCNCC1.C1CCNCC1.CC(=O)[O-].CC(=O)[O-].CC(=O)[O-].CC(=O)[O-].CC(=O)[O-].CC(=O)[O-].O.O.[Cu+2].[Cu+2].[Cu+2].[Cu+2].[OH-].[OH-]. The predicted molar refractivity (Wildman–Crippen MR) is 182 cm³/mol. The van der Waals surface area contributed by atoms with E-state index >= 15 is 0 Å². The number of hydrogen-bond acceptors (Lipinski definition) is 18. The number of carbonyl (C=O) groups is 6. The molecule has 4 radical (unpaired) electrons. The molecule has 4 rings (SSSR count). The Kier molecular flexibility index (Phi) is 153. The van der Waals surface area contributed by atoms with Gasteiger partial charge in [0.05, 0.1) is 0 Å². The van der Waals surface area contributed by atoms with Crippen LogP contribution in [0.25, 0.3) is 0 Å². The van der Waals surface area contributed by atoms with Gasteiger partial charge >= 0.3 is 68.3 Å². The number of aliphatic carboxylic acids is 6. The zero-order valence-corrected chi connectivity index (χ0v) is 36.9. The van der Waals surface area contributed by atoms with Crippen molar-refractivity contribution in [2.75, 3.05) is 52.4 Å². The van der Waals surface area contributed by atoms with Crippen LogP contribution >= 0.6 is 0 Å². The Balaban J connectivity index is -0.0000000289. The Hall–Kier alpha value is -1.42. The van der Waals surface area contributed by atoms with Crippen molar-refractivity contribution >= 4 is 35.8 Å². The molecule has 20 nitrogen and oxygen atoms in total. The normalized spacial score (nSPS) is 13.0. The Morgan fingerprint density at radius 1 is 0.286 bits per heavy atom. The largest absolute Gasteiger partial charge is 2.00 e. The number of piperidine rings is 4. The van der Waals surface area contributed by atoms with Gasteiger partial charge in [-0.3, -0.25) is 0 Å². The van der Waals surface area contributed by atoms with Crippen molar-refractivity contribution < 1.29 is 150 Å². The third-order valence-electron chi connectivity index (χ3n) is 4.83. The average molecular weight is 1020 g/mol. The van der Waals surface area contributed by atoms with Crippen molar-refractivity contribution in [1.82, 2.24) is 21.3 Å². The van der Waals surface area contributed by atoms with Gasteiger partial charge in [-0.25, -0.2) is 0 Å². The van der Waals surface area contributed by atoms with E-state index in [0.717, 1.165) is 41.5 Å². The maximum atomic E-state index is 8.89. The minimum absolute atomic E-state index is 0. The van der Waals surface area contributed by atoms with Gasteiger partial charge in [0.15, 0.2) is 0 Å². The van der Waals surface area contributed by atoms with Gasteiger partial charge < -0.3 is 103 Å². The molecule has 4 fully saturated rings. The average Bonchev–Trinajstić information content (AvgIpc) is 3.00. The van der Waals surface area contributed by atoms with Gasteiger partial charge in [0, 0.05) is 35.8 Å². The molecule has 0 aromatic carbocycles. The summed E-state index contributed by atoms with van der Waals surface area (Å²) in [4.78, 5) is 53.3. The number of rotatable bonds is 0. The van der Waals surface area contributed by atoms with Gasteiger partial charge in [0.1, 0.15) is 0 Å². The number of carboxylic acids is 6. The summed E-state index contributed by atoms with van der Waals surface area (Å²) in [5, 5.41) is 66.5. The zero-order valence-electron chi connectivity index (χ0n) is 33.1. The Morgan fingerprint density at radius 2 is 0.357 bits per heavy atom. The zero-order chi connectivity index (χ0) is 38.4. The van der Waals surface area contributed by atoms with Gasteiger partial charge in [-0.15, -0.1) is 0 Å². The molecule has 10 N–H and O–H groups in total. The van der Waals surface area contributed by atoms with E-state index in [1.807, 2.05) is 0 Å². The maximum Gasteiger partial charge on any atom is 2.00 e. The molecule has 56 heavy (non-hydrogen) atoms. The molecule has 4 aliphatic heterocycles. The number of nitrogens with one attached hydrogen (secondary N) is 4. The molecule has 0 aromatic rings. The van der Waals surface area contributed by atoms with Gasteiger partial charge in [-0.05, 0) is 145 Å². The summed E-state index contributed by atoms with van der Waals surface area (Å²) in [5.41, 5.74) is 0. The fourth-order valence-corrected chi connectivity index (χ4v) is 3.21. The maximum absolute atomic E-state index is 8.89.